The quantitative estimate of drug-likeness (QED) is 0.488. The van der Waals surface area contributed by atoms with E-state index in [1.165, 1.54) is 51.4 Å². The summed E-state index contributed by atoms with van der Waals surface area (Å²) in [6.45, 7) is 14.2. The first-order valence-corrected chi connectivity index (χ1v) is 13.2. The van der Waals surface area contributed by atoms with Crippen LogP contribution in [-0.2, 0) is 0 Å². The third-order valence-electron chi connectivity index (χ3n) is 10.0. The molecule has 2 N–H and O–H groups in total. The number of aliphatic hydroxyl groups excluding tert-OH is 2. The Morgan fingerprint density at radius 2 is 1.84 bits per heavy atom. The van der Waals surface area contributed by atoms with Gasteiger partial charge in [0.25, 0.3) is 0 Å². The normalized spacial score (nSPS) is 41.9. The number of rotatable bonds is 6. The highest BCUT2D eigenvalue weighted by molar-refractivity contribution is 5.38. The van der Waals surface area contributed by atoms with Crippen LogP contribution in [0.5, 0.6) is 0 Å². The Morgan fingerprint density at radius 1 is 1.10 bits per heavy atom. The molecule has 0 spiro atoms. The molecule has 0 aliphatic heterocycles. The van der Waals surface area contributed by atoms with Gasteiger partial charge in [-0.25, -0.2) is 0 Å². The van der Waals surface area contributed by atoms with Crippen molar-refractivity contribution in [2.24, 2.45) is 40.9 Å². The SMILES string of the molecule is C=C1/C(=C\C=C2/CCC[C@@]3(C)C2CC[C@@H]3C(C)C(C)CC(C)C2CC2)C[C@@H](O)C[C@@H]1O. The van der Waals surface area contributed by atoms with E-state index in [2.05, 4.69) is 46.4 Å². The van der Waals surface area contributed by atoms with Crippen molar-refractivity contribution < 1.29 is 10.2 Å². The lowest BCUT2D eigenvalue weighted by Crippen LogP contribution is -2.37. The van der Waals surface area contributed by atoms with Gasteiger partial charge in [-0.2, -0.15) is 0 Å². The van der Waals surface area contributed by atoms with Crippen LogP contribution in [0.4, 0.5) is 0 Å². The molecular weight excluding hydrogens is 380 g/mol. The standard InChI is InChI=1S/C29H46O2/c1-18(15-19(2)22-8-9-22)20(3)26-12-13-27-23(7-6-14-29(26,27)5)10-11-24-16-25(30)17-28(31)21(24)4/h10-11,18-20,22,25-28,30-31H,4,6-9,12-17H2,1-3,5H3/b23-10+,24-11-/t18?,19?,20?,25-,26-,27?,28+,29-/m1/s1. The Morgan fingerprint density at radius 3 is 2.55 bits per heavy atom. The van der Waals surface area contributed by atoms with E-state index in [0.29, 0.717) is 24.2 Å². The molecule has 0 aromatic heterocycles. The largest absolute Gasteiger partial charge is 0.393 e. The average molecular weight is 427 g/mol. The molecule has 4 fully saturated rings. The van der Waals surface area contributed by atoms with Crippen LogP contribution in [0.3, 0.4) is 0 Å². The van der Waals surface area contributed by atoms with E-state index in [-0.39, 0.29) is 0 Å². The van der Waals surface area contributed by atoms with Crippen LogP contribution in [-0.4, -0.2) is 22.4 Å². The molecule has 8 atom stereocenters. The van der Waals surface area contributed by atoms with Crippen molar-refractivity contribution in [1.82, 2.24) is 0 Å². The lowest BCUT2D eigenvalue weighted by molar-refractivity contribution is 0.0698. The zero-order valence-electron chi connectivity index (χ0n) is 20.4. The Hall–Kier alpha value is -0.860. The third-order valence-corrected chi connectivity index (χ3v) is 10.0. The van der Waals surface area contributed by atoms with Gasteiger partial charge in [-0.1, -0.05) is 52.0 Å². The van der Waals surface area contributed by atoms with Gasteiger partial charge in [-0.15, -0.1) is 0 Å². The monoisotopic (exact) mass is 426 g/mol. The fourth-order valence-electron chi connectivity index (χ4n) is 7.66. The number of hydrogen-bond acceptors (Lipinski definition) is 2. The van der Waals surface area contributed by atoms with Crippen molar-refractivity contribution in [2.75, 3.05) is 0 Å². The highest BCUT2D eigenvalue weighted by Gasteiger charge is 2.51. The molecule has 0 amide bonds. The van der Waals surface area contributed by atoms with Crippen molar-refractivity contribution >= 4 is 0 Å². The predicted octanol–water partition coefficient (Wildman–Crippen LogP) is 6.84. The number of allylic oxidation sites excluding steroid dienone is 3. The maximum atomic E-state index is 10.2. The Labute approximate surface area is 190 Å². The van der Waals surface area contributed by atoms with Crippen LogP contribution in [0.1, 0.15) is 91.9 Å². The minimum atomic E-state index is -0.596. The van der Waals surface area contributed by atoms with Crippen LogP contribution in [0.2, 0.25) is 0 Å². The topological polar surface area (TPSA) is 40.5 Å². The summed E-state index contributed by atoms with van der Waals surface area (Å²) in [5.41, 5.74) is 3.88. The van der Waals surface area contributed by atoms with Gasteiger partial charge >= 0.3 is 0 Å². The summed E-state index contributed by atoms with van der Waals surface area (Å²) < 4.78 is 0. The third kappa shape index (κ3) is 4.76. The second-order valence-electron chi connectivity index (χ2n) is 12.1. The van der Waals surface area contributed by atoms with E-state index < -0.39 is 12.2 Å². The fraction of sp³-hybridized carbons (Fsp3) is 0.793. The summed E-state index contributed by atoms with van der Waals surface area (Å²) >= 11 is 0. The molecule has 2 heteroatoms. The molecule has 4 rings (SSSR count). The van der Waals surface area contributed by atoms with E-state index in [1.54, 1.807) is 5.57 Å². The van der Waals surface area contributed by atoms with Crippen molar-refractivity contribution in [3.63, 3.8) is 0 Å². The Kier molecular flexibility index (Phi) is 6.90. The molecule has 0 bridgehead atoms. The number of aliphatic hydroxyl groups is 2. The molecule has 4 saturated carbocycles. The average Bonchev–Trinajstić information content (AvgIpc) is 3.51. The van der Waals surface area contributed by atoms with Crippen molar-refractivity contribution in [3.05, 3.63) is 35.5 Å². The minimum absolute atomic E-state index is 0.421. The van der Waals surface area contributed by atoms with E-state index in [4.69, 9.17) is 0 Å². The highest BCUT2D eigenvalue weighted by atomic mass is 16.3. The van der Waals surface area contributed by atoms with Gasteiger partial charge in [0.05, 0.1) is 12.2 Å². The van der Waals surface area contributed by atoms with Gasteiger partial charge in [0.15, 0.2) is 0 Å². The molecular formula is C29H46O2. The second-order valence-corrected chi connectivity index (χ2v) is 12.1. The van der Waals surface area contributed by atoms with Crippen LogP contribution < -0.4 is 0 Å². The summed E-state index contributed by atoms with van der Waals surface area (Å²) in [5, 5.41) is 20.3. The second kappa shape index (κ2) is 9.18. The van der Waals surface area contributed by atoms with Gasteiger partial charge in [0.1, 0.15) is 0 Å². The highest BCUT2D eigenvalue weighted by Crippen LogP contribution is 2.60. The molecule has 0 aromatic carbocycles. The maximum absolute atomic E-state index is 10.2. The zero-order chi connectivity index (χ0) is 22.3. The molecule has 4 aliphatic rings. The predicted molar refractivity (Wildman–Crippen MR) is 130 cm³/mol. The summed E-state index contributed by atoms with van der Waals surface area (Å²) in [7, 11) is 0. The molecule has 2 nitrogen and oxygen atoms in total. The Balaban J connectivity index is 1.47. The van der Waals surface area contributed by atoms with Gasteiger partial charge in [-0.3, -0.25) is 0 Å². The van der Waals surface area contributed by atoms with Gasteiger partial charge in [-0.05, 0) is 110 Å². The molecule has 174 valence electrons. The summed E-state index contributed by atoms with van der Waals surface area (Å²) in [5.74, 6) is 5.09. The smallest absolute Gasteiger partial charge is 0.0811 e. The molecule has 0 heterocycles. The number of hydrogen-bond donors (Lipinski definition) is 2. The van der Waals surface area contributed by atoms with Crippen LogP contribution in [0.15, 0.2) is 35.5 Å². The summed E-state index contributed by atoms with van der Waals surface area (Å²) in [6, 6.07) is 0. The first-order valence-electron chi connectivity index (χ1n) is 13.2. The lowest BCUT2D eigenvalue weighted by atomic mass is 9.59. The minimum Gasteiger partial charge on any atom is -0.393 e. The maximum Gasteiger partial charge on any atom is 0.0811 e. The van der Waals surface area contributed by atoms with E-state index >= 15 is 0 Å². The van der Waals surface area contributed by atoms with Gasteiger partial charge in [0, 0.05) is 6.42 Å². The van der Waals surface area contributed by atoms with Gasteiger partial charge < -0.3 is 10.2 Å². The first kappa shape index (κ1) is 23.3. The van der Waals surface area contributed by atoms with Crippen LogP contribution in [0.25, 0.3) is 0 Å². The Bertz CT molecular complexity index is 729. The van der Waals surface area contributed by atoms with Crippen molar-refractivity contribution in [3.8, 4) is 0 Å². The summed E-state index contributed by atoms with van der Waals surface area (Å²) in [4.78, 5) is 0. The summed E-state index contributed by atoms with van der Waals surface area (Å²) in [6.07, 6.45) is 15.4. The molecule has 4 aliphatic carbocycles. The number of fused-ring (bicyclic) bond motifs is 1. The molecule has 4 unspecified atom stereocenters. The zero-order valence-corrected chi connectivity index (χ0v) is 20.4. The van der Waals surface area contributed by atoms with Crippen molar-refractivity contribution in [2.45, 2.75) is 104 Å². The van der Waals surface area contributed by atoms with Crippen LogP contribution in [0, 0.1) is 40.9 Å². The molecule has 0 saturated heterocycles. The van der Waals surface area contributed by atoms with E-state index in [1.807, 2.05) is 0 Å². The first-order chi connectivity index (χ1) is 14.7. The van der Waals surface area contributed by atoms with Gasteiger partial charge in [0.2, 0.25) is 0 Å². The fourth-order valence-corrected chi connectivity index (χ4v) is 7.66. The van der Waals surface area contributed by atoms with Crippen molar-refractivity contribution in [1.29, 1.82) is 0 Å². The van der Waals surface area contributed by atoms with E-state index in [0.717, 1.165) is 40.7 Å². The molecule has 31 heavy (non-hydrogen) atoms. The lowest BCUT2D eigenvalue weighted by Gasteiger charge is -2.45. The molecule has 0 radical (unpaired) electrons. The molecule has 0 aromatic rings. The van der Waals surface area contributed by atoms with E-state index in [9.17, 15) is 10.2 Å². The van der Waals surface area contributed by atoms with Crippen LogP contribution >= 0.6 is 0 Å².